The normalized spacial score (nSPS) is 14.5. The summed E-state index contributed by atoms with van der Waals surface area (Å²) in [5.41, 5.74) is 3.31. The number of hydrogen-bond acceptors (Lipinski definition) is 4. The van der Waals surface area contributed by atoms with E-state index >= 15 is 0 Å². The van der Waals surface area contributed by atoms with E-state index in [2.05, 4.69) is 30.4 Å². The largest absolute Gasteiger partial charge is 0.353 e. The molecule has 0 aromatic carbocycles. The lowest BCUT2D eigenvalue weighted by Gasteiger charge is -2.14. The van der Waals surface area contributed by atoms with Crippen LogP contribution in [-0.4, -0.2) is 51.2 Å². The van der Waals surface area contributed by atoms with Crippen LogP contribution in [0.2, 0.25) is 5.02 Å². The summed E-state index contributed by atoms with van der Waals surface area (Å²) in [6.45, 7) is 6.41. The molecule has 0 spiro atoms. The fraction of sp³-hybridized carbons (Fsp3) is 0.444. The molecule has 1 aliphatic heterocycles. The third kappa shape index (κ3) is 5.47. The first-order valence-corrected chi connectivity index (χ1v) is 9.10. The number of likely N-dealkylation sites (tertiary alicyclic amines) is 1. The third-order valence-electron chi connectivity index (χ3n) is 4.41. The zero-order chi connectivity index (χ0) is 17.5. The Kier molecular flexibility index (Phi) is 6.30. The number of anilines is 1. The van der Waals surface area contributed by atoms with Gasteiger partial charge in [-0.1, -0.05) is 11.6 Å². The van der Waals surface area contributed by atoms with E-state index in [0.717, 1.165) is 36.2 Å². The van der Waals surface area contributed by atoms with Crippen LogP contribution in [0, 0.1) is 6.92 Å². The number of aromatic amines is 2. The Morgan fingerprint density at radius 2 is 1.88 bits per heavy atom. The molecule has 0 amide bonds. The molecule has 0 saturated carbocycles. The second-order valence-electron chi connectivity index (χ2n) is 6.38. The van der Waals surface area contributed by atoms with Gasteiger partial charge in [0, 0.05) is 44.3 Å². The van der Waals surface area contributed by atoms with Gasteiger partial charge in [-0.3, -0.25) is 0 Å². The average Bonchev–Trinajstić information content (AvgIpc) is 3.11. The van der Waals surface area contributed by atoms with Gasteiger partial charge in [0.1, 0.15) is 0 Å². The molecule has 7 heteroatoms. The molecule has 1 aliphatic rings. The minimum atomic E-state index is 0.657. The van der Waals surface area contributed by atoms with Gasteiger partial charge >= 0.3 is 0 Å². The zero-order valence-corrected chi connectivity index (χ0v) is 15.3. The van der Waals surface area contributed by atoms with Crippen LogP contribution in [0.15, 0.2) is 30.9 Å². The van der Waals surface area contributed by atoms with Gasteiger partial charge in [0.15, 0.2) is 0 Å². The van der Waals surface area contributed by atoms with Crippen LogP contribution < -0.4 is 5.32 Å². The zero-order valence-electron chi connectivity index (χ0n) is 14.6. The molecule has 1 fully saturated rings. The second kappa shape index (κ2) is 8.87. The highest BCUT2D eigenvalue weighted by molar-refractivity contribution is 6.30. The summed E-state index contributed by atoms with van der Waals surface area (Å²) in [5.74, 6) is 0.688. The van der Waals surface area contributed by atoms with E-state index in [1.54, 1.807) is 6.20 Å². The van der Waals surface area contributed by atoms with E-state index < -0.39 is 0 Å². The maximum Gasteiger partial charge on any atom is 0.222 e. The smallest absolute Gasteiger partial charge is 0.222 e. The number of halogens is 1. The number of aryl methyl sites for hydroxylation is 1. The van der Waals surface area contributed by atoms with Crippen LogP contribution >= 0.6 is 11.6 Å². The lowest BCUT2D eigenvalue weighted by molar-refractivity contribution is 0.352. The first-order valence-electron chi connectivity index (χ1n) is 8.72. The van der Waals surface area contributed by atoms with E-state index in [1.807, 2.05) is 31.6 Å². The Bertz CT molecular complexity index is 714. The van der Waals surface area contributed by atoms with Crippen molar-refractivity contribution in [1.82, 2.24) is 25.1 Å². The van der Waals surface area contributed by atoms with Crippen LogP contribution in [0.3, 0.4) is 0 Å². The number of rotatable bonds is 6. The summed E-state index contributed by atoms with van der Waals surface area (Å²) in [6, 6.07) is 1.94. The van der Waals surface area contributed by atoms with E-state index in [1.165, 1.54) is 25.9 Å². The molecule has 0 radical (unpaired) electrons. The predicted molar refractivity (Wildman–Crippen MR) is 102 cm³/mol. The Morgan fingerprint density at radius 1 is 1.16 bits per heavy atom. The van der Waals surface area contributed by atoms with E-state index in [9.17, 15) is 0 Å². The monoisotopic (exact) mass is 360 g/mol. The Hall–Kier alpha value is -2.05. The molecule has 3 heterocycles. The molecule has 2 aromatic heterocycles. The highest BCUT2D eigenvalue weighted by Gasteiger charge is 2.10. The van der Waals surface area contributed by atoms with Gasteiger partial charge in [0.2, 0.25) is 5.95 Å². The first-order chi connectivity index (χ1) is 12.2. The fourth-order valence-electron chi connectivity index (χ4n) is 2.97. The number of aromatic nitrogens is 4. The van der Waals surface area contributed by atoms with Crippen molar-refractivity contribution < 1.29 is 0 Å². The molecular formula is C18H25ClN6. The Balaban J connectivity index is 1.58. The minimum absolute atomic E-state index is 0.657. The van der Waals surface area contributed by atoms with E-state index in [0.29, 0.717) is 11.0 Å². The SMILES string of the molecule is Cc1cc(Cl)c[nH][nH]cc1Cc1cnc(NCCN2CCCC2)nc1. The molecule has 2 aromatic rings. The van der Waals surface area contributed by atoms with E-state index in [-0.39, 0.29) is 0 Å². The van der Waals surface area contributed by atoms with Crippen molar-refractivity contribution in [3.8, 4) is 0 Å². The molecule has 6 nitrogen and oxygen atoms in total. The fourth-order valence-corrected chi connectivity index (χ4v) is 3.19. The van der Waals surface area contributed by atoms with Gasteiger partial charge in [-0.15, -0.1) is 0 Å². The molecule has 0 unspecified atom stereocenters. The first kappa shape index (κ1) is 17.8. The predicted octanol–water partition coefficient (Wildman–Crippen LogP) is 3.32. The third-order valence-corrected chi connectivity index (χ3v) is 4.63. The summed E-state index contributed by atoms with van der Waals surface area (Å²) in [5, 5.41) is 9.89. The van der Waals surface area contributed by atoms with Crippen LogP contribution in [0.5, 0.6) is 0 Å². The molecule has 0 atom stereocenters. The van der Waals surface area contributed by atoms with Gasteiger partial charge in [0.05, 0.1) is 5.02 Å². The highest BCUT2D eigenvalue weighted by Crippen LogP contribution is 2.14. The molecule has 1 saturated heterocycles. The summed E-state index contributed by atoms with van der Waals surface area (Å²) in [4.78, 5) is 11.3. The summed E-state index contributed by atoms with van der Waals surface area (Å²) >= 11 is 6.09. The highest BCUT2D eigenvalue weighted by atomic mass is 35.5. The topological polar surface area (TPSA) is 72.6 Å². The average molecular weight is 361 g/mol. The Morgan fingerprint density at radius 3 is 2.64 bits per heavy atom. The molecule has 0 bridgehead atoms. The standard InChI is InChI=1S/C18H25ClN6/c1-14-8-17(19)13-24-23-12-16(14)9-15-10-21-18(22-11-15)20-4-7-25-5-2-3-6-25/h8,10-13,23-24H,2-7,9H2,1H3,(H,20,21,22). The van der Waals surface area contributed by atoms with Crippen LogP contribution in [0.4, 0.5) is 5.95 Å². The van der Waals surface area contributed by atoms with Crippen molar-refractivity contribution in [3.63, 3.8) is 0 Å². The van der Waals surface area contributed by atoms with Gasteiger partial charge in [-0.25, -0.2) is 9.97 Å². The van der Waals surface area contributed by atoms with Crippen molar-refractivity contribution in [2.45, 2.75) is 26.2 Å². The summed E-state index contributed by atoms with van der Waals surface area (Å²) in [6.07, 6.45) is 10.8. The van der Waals surface area contributed by atoms with E-state index in [4.69, 9.17) is 11.6 Å². The molecule has 25 heavy (non-hydrogen) atoms. The maximum atomic E-state index is 6.09. The van der Waals surface area contributed by atoms with Gasteiger partial charge in [0.25, 0.3) is 0 Å². The number of hydrogen-bond donors (Lipinski definition) is 3. The lowest BCUT2D eigenvalue weighted by atomic mass is 10.1. The van der Waals surface area contributed by atoms with Crippen molar-refractivity contribution in [1.29, 1.82) is 0 Å². The molecule has 0 aliphatic carbocycles. The van der Waals surface area contributed by atoms with Crippen LogP contribution in [0.25, 0.3) is 0 Å². The van der Waals surface area contributed by atoms with Gasteiger partial charge in [-0.2, -0.15) is 0 Å². The lowest BCUT2D eigenvalue weighted by Crippen LogP contribution is -2.26. The summed E-state index contributed by atoms with van der Waals surface area (Å²) in [7, 11) is 0. The molecular weight excluding hydrogens is 336 g/mol. The van der Waals surface area contributed by atoms with Crippen molar-refractivity contribution in [2.24, 2.45) is 0 Å². The van der Waals surface area contributed by atoms with Crippen molar-refractivity contribution in [3.05, 3.63) is 52.6 Å². The Labute approximate surface area is 153 Å². The maximum absolute atomic E-state index is 6.09. The molecule has 3 rings (SSSR count). The quantitative estimate of drug-likeness (QED) is 0.739. The molecule has 134 valence electrons. The van der Waals surface area contributed by atoms with Gasteiger partial charge < -0.3 is 20.4 Å². The number of H-pyrrole nitrogens is 2. The number of nitrogens with zero attached hydrogens (tertiary/aromatic N) is 3. The van der Waals surface area contributed by atoms with Crippen molar-refractivity contribution in [2.75, 3.05) is 31.5 Å². The van der Waals surface area contributed by atoms with Crippen LogP contribution in [-0.2, 0) is 6.42 Å². The number of nitrogens with one attached hydrogen (secondary N) is 3. The summed E-state index contributed by atoms with van der Waals surface area (Å²) < 4.78 is 0. The van der Waals surface area contributed by atoms with Crippen molar-refractivity contribution >= 4 is 17.5 Å². The minimum Gasteiger partial charge on any atom is -0.353 e. The van der Waals surface area contributed by atoms with Gasteiger partial charge in [-0.05, 0) is 55.6 Å². The second-order valence-corrected chi connectivity index (χ2v) is 6.82. The molecule has 3 N–H and O–H groups in total. The van der Waals surface area contributed by atoms with Crippen LogP contribution in [0.1, 0.15) is 29.5 Å².